The molecule has 1 fully saturated rings. The predicted octanol–water partition coefficient (Wildman–Crippen LogP) is 3.79. The Morgan fingerprint density at radius 2 is 1.69 bits per heavy atom. The van der Waals surface area contributed by atoms with Crippen LogP contribution in [0.15, 0.2) is 48.5 Å². The normalized spacial score (nSPS) is 20.4. The molecule has 2 unspecified atom stereocenters. The lowest BCUT2D eigenvalue weighted by Crippen LogP contribution is -2.43. The van der Waals surface area contributed by atoms with Gasteiger partial charge in [-0.05, 0) is 38.8 Å². The molecule has 0 radical (unpaired) electrons. The molecule has 0 amide bonds. The first-order valence-electron chi connectivity index (χ1n) is 10.2. The van der Waals surface area contributed by atoms with Crippen molar-refractivity contribution in [1.82, 2.24) is 24.7 Å². The van der Waals surface area contributed by atoms with Crippen LogP contribution in [0.5, 0.6) is 0 Å². The first-order valence-corrected chi connectivity index (χ1v) is 10.2. The molecule has 3 heterocycles. The van der Waals surface area contributed by atoms with Gasteiger partial charge in [-0.3, -0.25) is 0 Å². The third kappa shape index (κ3) is 3.34. The average Bonchev–Trinajstić information content (AvgIpc) is 3.09. The summed E-state index contributed by atoms with van der Waals surface area (Å²) in [7, 11) is 2.20. The van der Waals surface area contributed by atoms with E-state index in [1.54, 1.807) is 0 Å². The quantitative estimate of drug-likeness (QED) is 0.580. The Bertz CT molecular complexity index is 1160. The van der Waals surface area contributed by atoms with Crippen molar-refractivity contribution in [2.75, 3.05) is 25.5 Å². The number of benzene rings is 2. The highest BCUT2D eigenvalue weighted by Crippen LogP contribution is 2.30. The molecule has 1 N–H and O–H groups in total. The van der Waals surface area contributed by atoms with Gasteiger partial charge in [0.2, 0.25) is 0 Å². The van der Waals surface area contributed by atoms with Gasteiger partial charge in [-0.2, -0.15) is 4.52 Å². The van der Waals surface area contributed by atoms with E-state index in [9.17, 15) is 0 Å². The van der Waals surface area contributed by atoms with Gasteiger partial charge >= 0.3 is 0 Å². The summed E-state index contributed by atoms with van der Waals surface area (Å²) in [5.41, 5.74) is 3.53. The molecule has 6 nitrogen and oxygen atoms in total. The smallest absolute Gasteiger partial charge is 0.185 e. The van der Waals surface area contributed by atoms with Gasteiger partial charge in [-0.25, -0.2) is 0 Å². The minimum absolute atomic E-state index is 0.324. The predicted molar refractivity (Wildman–Crippen MR) is 116 cm³/mol. The fourth-order valence-electron chi connectivity index (χ4n) is 4.49. The molecule has 1 aliphatic rings. The van der Waals surface area contributed by atoms with Gasteiger partial charge < -0.3 is 10.2 Å². The molecule has 6 heteroatoms. The zero-order valence-corrected chi connectivity index (χ0v) is 17.1. The van der Waals surface area contributed by atoms with E-state index in [-0.39, 0.29) is 0 Å². The first kappa shape index (κ1) is 18.1. The number of aryl methyl sites for hydroxylation is 2. The molecular weight excluding hydrogens is 360 g/mol. The first-order chi connectivity index (χ1) is 14.1. The topological polar surface area (TPSA) is 58.4 Å². The molecule has 4 aromatic rings. The van der Waals surface area contributed by atoms with Crippen molar-refractivity contribution in [3.63, 3.8) is 0 Å². The van der Waals surface area contributed by atoms with Crippen LogP contribution >= 0.6 is 0 Å². The lowest BCUT2D eigenvalue weighted by Gasteiger charge is -2.36. The minimum Gasteiger partial charge on any atom is -0.364 e. The van der Waals surface area contributed by atoms with Crippen LogP contribution in [0.1, 0.15) is 29.3 Å². The van der Waals surface area contributed by atoms with E-state index >= 15 is 0 Å². The SMILES string of the molecule is Cc1ccc(C2CC(Nc3nn4c(C)nnc4c4ccccc34)CN(C)C2)cc1. The second kappa shape index (κ2) is 7.12. The monoisotopic (exact) mass is 386 g/mol. The molecule has 2 aromatic heterocycles. The van der Waals surface area contributed by atoms with Crippen LogP contribution in [0.3, 0.4) is 0 Å². The van der Waals surface area contributed by atoms with E-state index in [1.807, 2.05) is 17.5 Å². The van der Waals surface area contributed by atoms with Crippen molar-refractivity contribution < 1.29 is 0 Å². The van der Waals surface area contributed by atoms with Gasteiger partial charge in [-0.1, -0.05) is 54.1 Å². The van der Waals surface area contributed by atoms with Crippen LogP contribution in [0, 0.1) is 13.8 Å². The molecule has 148 valence electrons. The second-order valence-corrected chi connectivity index (χ2v) is 8.28. The molecule has 1 aliphatic heterocycles. The minimum atomic E-state index is 0.324. The van der Waals surface area contributed by atoms with Gasteiger partial charge in [0, 0.05) is 29.9 Å². The zero-order chi connectivity index (χ0) is 20.0. The highest BCUT2D eigenvalue weighted by molar-refractivity contribution is 5.99. The van der Waals surface area contributed by atoms with Crippen LogP contribution in [0.2, 0.25) is 0 Å². The Labute approximate surface area is 170 Å². The summed E-state index contributed by atoms with van der Waals surface area (Å²) in [6.45, 7) is 6.16. The Kier molecular flexibility index (Phi) is 4.43. The number of hydrogen-bond acceptors (Lipinski definition) is 5. The fourth-order valence-corrected chi connectivity index (χ4v) is 4.49. The number of likely N-dealkylation sites (tertiary alicyclic amines) is 1. The average molecular weight is 387 g/mol. The molecule has 0 spiro atoms. The lowest BCUT2D eigenvalue weighted by molar-refractivity contribution is 0.235. The van der Waals surface area contributed by atoms with E-state index < -0.39 is 0 Å². The Balaban J connectivity index is 1.49. The number of anilines is 1. The maximum absolute atomic E-state index is 4.85. The maximum atomic E-state index is 4.85. The van der Waals surface area contributed by atoms with Crippen molar-refractivity contribution in [3.8, 4) is 0 Å². The number of nitrogens with one attached hydrogen (secondary N) is 1. The van der Waals surface area contributed by atoms with E-state index in [4.69, 9.17) is 5.10 Å². The molecular formula is C23H26N6. The molecule has 0 aliphatic carbocycles. The largest absolute Gasteiger partial charge is 0.364 e. The molecule has 29 heavy (non-hydrogen) atoms. The van der Waals surface area contributed by atoms with Crippen LogP contribution in [0.4, 0.5) is 5.82 Å². The number of likely N-dealkylation sites (N-methyl/N-ethyl adjacent to an activating group) is 1. The Morgan fingerprint density at radius 3 is 2.48 bits per heavy atom. The van der Waals surface area contributed by atoms with Crippen LogP contribution in [-0.4, -0.2) is 50.9 Å². The highest BCUT2D eigenvalue weighted by Gasteiger charge is 2.27. The van der Waals surface area contributed by atoms with Gasteiger partial charge in [-0.15, -0.1) is 15.3 Å². The molecule has 2 aromatic carbocycles. The number of fused-ring (bicyclic) bond motifs is 3. The fraction of sp³-hybridized carbons (Fsp3) is 0.348. The second-order valence-electron chi connectivity index (χ2n) is 8.28. The molecule has 0 saturated carbocycles. The summed E-state index contributed by atoms with van der Waals surface area (Å²) in [4.78, 5) is 2.41. The molecule has 1 saturated heterocycles. The van der Waals surface area contributed by atoms with Gasteiger partial charge in [0.05, 0.1) is 0 Å². The lowest BCUT2D eigenvalue weighted by atomic mass is 9.88. The van der Waals surface area contributed by atoms with E-state index in [0.717, 1.165) is 47.6 Å². The van der Waals surface area contributed by atoms with Crippen molar-refractivity contribution in [2.45, 2.75) is 32.2 Å². The van der Waals surface area contributed by atoms with Crippen molar-refractivity contribution in [1.29, 1.82) is 0 Å². The number of hydrogen-bond donors (Lipinski definition) is 1. The zero-order valence-electron chi connectivity index (χ0n) is 17.1. The summed E-state index contributed by atoms with van der Waals surface area (Å²) in [5.74, 6) is 2.21. The molecule has 0 bridgehead atoms. The van der Waals surface area contributed by atoms with Crippen molar-refractivity contribution in [3.05, 3.63) is 65.5 Å². The Morgan fingerprint density at radius 1 is 0.931 bits per heavy atom. The summed E-state index contributed by atoms with van der Waals surface area (Å²) >= 11 is 0. The Hall–Kier alpha value is -2.99. The summed E-state index contributed by atoms with van der Waals surface area (Å²) in [6, 6.07) is 17.6. The van der Waals surface area contributed by atoms with Gasteiger partial charge in [0.1, 0.15) is 0 Å². The molecule has 2 atom stereocenters. The van der Waals surface area contributed by atoms with Gasteiger partial charge in [0.25, 0.3) is 0 Å². The summed E-state index contributed by atoms with van der Waals surface area (Å²) in [6.07, 6.45) is 1.09. The summed E-state index contributed by atoms with van der Waals surface area (Å²) in [5, 5.41) is 19.3. The highest BCUT2D eigenvalue weighted by atomic mass is 15.4. The number of rotatable bonds is 3. The van der Waals surface area contributed by atoms with E-state index in [2.05, 4.69) is 76.9 Å². The van der Waals surface area contributed by atoms with E-state index in [1.165, 1.54) is 11.1 Å². The third-order valence-corrected chi connectivity index (χ3v) is 5.94. The van der Waals surface area contributed by atoms with Crippen LogP contribution in [0.25, 0.3) is 16.4 Å². The summed E-state index contributed by atoms with van der Waals surface area (Å²) < 4.78 is 1.84. The third-order valence-electron chi connectivity index (χ3n) is 5.94. The molecule has 5 rings (SSSR count). The number of nitrogens with zero attached hydrogens (tertiary/aromatic N) is 5. The number of piperidine rings is 1. The van der Waals surface area contributed by atoms with Crippen LogP contribution < -0.4 is 5.32 Å². The standard InChI is InChI=1S/C23H26N6/c1-15-8-10-17(11-9-15)18-12-19(14-28(3)13-18)24-22-20-6-4-5-7-21(20)23-26-25-16(2)29(23)27-22/h4-11,18-19H,12-14H2,1-3H3,(H,24,27). The van der Waals surface area contributed by atoms with Crippen molar-refractivity contribution in [2.24, 2.45) is 0 Å². The van der Waals surface area contributed by atoms with Gasteiger partial charge in [0.15, 0.2) is 17.3 Å². The number of aromatic nitrogens is 4. The van der Waals surface area contributed by atoms with Crippen LogP contribution in [-0.2, 0) is 0 Å². The van der Waals surface area contributed by atoms with Crippen molar-refractivity contribution >= 4 is 22.2 Å². The van der Waals surface area contributed by atoms with E-state index in [0.29, 0.717) is 12.0 Å². The maximum Gasteiger partial charge on any atom is 0.185 e.